The van der Waals surface area contributed by atoms with Gasteiger partial charge in [-0.25, -0.2) is 17.2 Å². The van der Waals surface area contributed by atoms with Crippen LogP contribution >= 0.6 is 0 Å². The molecule has 0 saturated carbocycles. The van der Waals surface area contributed by atoms with Crippen LogP contribution in [0.5, 0.6) is 0 Å². The highest BCUT2D eigenvalue weighted by Crippen LogP contribution is 2.12. The summed E-state index contributed by atoms with van der Waals surface area (Å²) < 4.78 is 45.8. The van der Waals surface area contributed by atoms with Crippen LogP contribution in [0.4, 0.5) is 8.78 Å². The number of alkyl halides is 2. The van der Waals surface area contributed by atoms with Gasteiger partial charge in [-0.05, 0) is 0 Å². The highest BCUT2D eigenvalue weighted by Gasteiger charge is 2.36. The van der Waals surface area contributed by atoms with E-state index in [-0.39, 0.29) is 11.5 Å². The van der Waals surface area contributed by atoms with Gasteiger partial charge in [0.05, 0.1) is 17.6 Å². The fraction of sp³-hybridized carbons (Fsp3) is 1.00. The molecule has 0 aromatic rings. The summed E-state index contributed by atoms with van der Waals surface area (Å²) in [7, 11) is -3.29. The average Bonchev–Trinajstić information content (AvgIpc) is 2.35. The van der Waals surface area contributed by atoms with Crippen molar-refractivity contribution in [1.29, 1.82) is 0 Å². The van der Waals surface area contributed by atoms with E-state index in [0.29, 0.717) is 0 Å². The third-order valence-corrected chi connectivity index (χ3v) is 3.92. The smallest absolute Gasteiger partial charge is 0.265 e. The highest BCUT2D eigenvalue weighted by atomic mass is 32.2. The molecule has 90 valence electrons. The minimum atomic E-state index is -3.29. The predicted molar refractivity (Wildman–Crippen MR) is 48.5 cm³/mol. The molecule has 5 nitrogen and oxygen atoms in total. The Morgan fingerprint density at radius 2 is 2.00 bits per heavy atom. The summed E-state index contributed by atoms with van der Waals surface area (Å²) in [6.07, 6.45) is -5.83. The van der Waals surface area contributed by atoms with Gasteiger partial charge >= 0.3 is 0 Å². The molecule has 0 spiro atoms. The van der Waals surface area contributed by atoms with E-state index in [0.717, 1.165) is 0 Å². The number of nitrogens with one attached hydrogen (secondary N) is 1. The summed E-state index contributed by atoms with van der Waals surface area (Å²) >= 11 is 0. The molecule has 0 bridgehead atoms. The second-order valence-electron chi connectivity index (χ2n) is 3.56. The molecule has 0 aromatic heterocycles. The first-order valence-corrected chi connectivity index (χ1v) is 6.22. The predicted octanol–water partition coefficient (Wildman–Crippen LogP) is -1.64. The Morgan fingerprint density at radius 3 is 2.40 bits per heavy atom. The maximum absolute atomic E-state index is 11.9. The van der Waals surface area contributed by atoms with E-state index in [1.165, 1.54) is 0 Å². The van der Waals surface area contributed by atoms with Crippen LogP contribution in [0.1, 0.15) is 0 Å². The van der Waals surface area contributed by atoms with Crippen molar-refractivity contribution < 1.29 is 27.4 Å². The van der Waals surface area contributed by atoms with Gasteiger partial charge in [-0.2, -0.15) is 0 Å². The van der Waals surface area contributed by atoms with Crippen LogP contribution in [-0.2, 0) is 9.84 Å². The molecule has 3 unspecified atom stereocenters. The van der Waals surface area contributed by atoms with Crippen LogP contribution in [0, 0.1) is 0 Å². The van der Waals surface area contributed by atoms with Gasteiger partial charge in [-0.15, -0.1) is 0 Å². The summed E-state index contributed by atoms with van der Waals surface area (Å²) in [6, 6.07) is -0.775. The third-order valence-electron chi connectivity index (χ3n) is 2.20. The van der Waals surface area contributed by atoms with Gasteiger partial charge < -0.3 is 15.5 Å². The Hall–Kier alpha value is -0.310. The normalized spacial score (nSPS) is 32.1. The van der Waals surface area contributed by atoms with Crippen molar-refractivity contribution in [3.8, 4) is 0 Å². The third kappa shape index (κ3) is 3.63. The minimum absolute atomic E-state index is 0.288. The van der Waals surface area contributed by atoms with Crippen LogP contribution < -0.4 is 5.32 Å². The number of aliphatic hydroxyl groups excluding tert-OH is 2. The van der Waals surface area contributed by atoms with Gasteiger partial charge in [0.15, 0.2) is 9.84 Å². The molecule has 0 amide bonds. The van der Waals surface area contributed by atoms with Gasteiger partial charge in [0.2, 0.25) is 0 Å². The zero-order valence-corrected chi connectivity index (χ0v) is 8.62. The number of sulfone groups is 1. The molecule has 1 heterocycles. The largest absolute Gasteiger partial charge is 0.390 e. The summed E-state index contributed by atoms with van der Waals surface area (Å²) in [5.41, 5.74) is 0. The van der Waals surface area contributed by atoms with E-state index >= 15 is 0 Å². The summed E-state index contributed by atoms with van der Waals surface area (Å²) in [4.78, 5) is 0. The van der Waals surface area contributed by atoms with E-state index in [9.17, 15) is 22.3 Å². The first-order valence-electron chi connectivity index (χ1n) is 4.40. The number of halogens is 2. The molecule has 15 heavy (non-hydrogen) atoms. The Morgan fingerprint density at radius 1 is 1.40 bits per heavy atom. The van der Waals surface area contributed by atoms with E-state index in [1.807, 2.05) is 0 Å². The summed E-state index contributed by atoms with van der Waals surface area (Å²) in [5, 5.41) is 20.4. The Kier molecular flexibility index (Phi) is 3.99. The molecule has 1 aliphatic heterocycles. The lowest BCUT2D eigenvalue weighted by Gasteiger charge is -2.17. The number of hydrogen-bond acceptors (Lipinski definition) is 5. The minimum Gasteiger partial charge on any atom is -0.390 e. The van der Waals surface area contributed by atoms with Gasteiger partial charge in [0.25, 0.3) is 6.43 Å². The van der Waals surface area contributed by atoms with Crippen molar-refractivity contribution in [3.05, 3.63) is 0 Å². The molecule has 8 heteroatoms. The second-order valence-corrected chi connectivity index (χ2v) is 5.71. The standard InChI is InChI=1S/C7H13F2NO4S/c8-7(9)5(11)1-10-4-2-15(13,14)3-6(4)12/h4-7,10-12H,1-3H2. The molecule has 0 aliphatic carbocycles. The van der Waals surface area contributed by atoms with Gasteiger partial charge in [0, 0.05) is 12.6 Å². The Labute approximate surface area is 86.0 Å². The van der Waals surface area contributed by atoms with E-state index < -0.39 is 41.1 Å². The lowest BCUT2D eigenvalue weighted by Crippen LogP contribution is -2.44. The zero-order valence-electron chi connectivity index (χ0n) is 7.81. The topological polar surface area (TPSA) is 86.6 Å². The maximum Gasteiger partial charge on any atom is 0.265 e. The maximum atomic E-state index is 11.9. The molecule has 1 aliphatic rings. The van der Waals surface area contributed by atoms with Crippen molar-refractivity contribution in [2.75, 3.05) is 18.1 Å². The monoisotopic (exact) mass is 245 g/mol. The van der Waals surface area contributed by atoms with E-state index in [2.05, 4.69) is 5.32 Å². The average molecular weight is 245 g/mol. The number of hydrogen-bond donors (Lipinski definition) is 3. The van der Waals surface area contributed by atoms with Crippen molar-refractivity contribution in [1.82, 2.24) is 5.32 Å². The van der Waals surface area contributed by atoms with Gasteiger partial charge in [-0.1, -0.05) is 0 Å². The quantitative estimate of drug-likeness (QED) is 0.553. The molecular weight excluding hydrogens is 232 g/mol. The van der Waals surface area contributed by atoms with Crippen LogP contribution in [0.15, 0.2) is 0 Å². The van der Waals surface area contributed by atoms with Crippen molar-refractivity contribution in [2.24, 2.45) is 0 Å². The van der Waals surface area contributed by atoms with Gasteiger partial charge in [0.1, 0.15) is 6.10 Å². The Bertz CT molecular complexity index is 308. The molecule has 1 saturated heterocycles. The molecule has 1 rings (SSSR count). The van der Waals surface area contributed by atoms with Crippen LogP contribution in [-0.4, -0.2) is 61.4 Å². The molecule has 0 radical (unpaired) electrons. The number of aliphatic hydroxyl groups is 2. The fourth-order valence-corrected chi connectivity index (χ4v) is 3.16. The molecule has 0 aromatic carbocycles. The molecular formula is C7H13F2NO4S. The molecule has 3 N–H and O–H groups in total. The SMILES string of the molecule is O=S1(=O)CC(O)C(NCC(O)C(F)F)C1. The fourth-order valence-electron chi connectivity index (χ4n) is 1.39. The van der Waals surface area contributed by atoms with E-state index in [4.69, 9.17) is 5.11 Å². The van der Waals surface area contributed by atoms with Crippen molar-refractivity contribution >= 4 is 9.84 Å². The van der Waals surface area contributed by atoms with Crippen LogP contribution in [0.3, 0.4) is 0 Å². The lowest BCUT2D eigenvalue weighted by molar-refractivity contribution is -0.00627. The summed E-state index contributed by atoms with van der Waals surface area (Å²) in [5.74, 6) is -0.653. The van der Waals surface area contributed by atoms with E-state index in [1.54, 1.807) is 0 Å². The highest BCUT2D eigenvalue weighted by molar-refractivity contribution is 7.91. The first kappa shape index (κ1) is 12.8. The van der Waals surface area contributed by atoms with Crippen LogP contribution in [0.25, 0.3) is 0 Å². The number of rotatable bonds is 4. The van der Waals surface area contributed by atoms with Crippen LogP contribution in [0.2, 0.25) is 0 Å². The molecule has 1 fully saturated rings. The first-order chi connectivity index (χ1) is 6.82. The second kappa shape index (κ2) is 4.69. The lowest BCUT2D eigenvalue weighted by atomic mass is 10.2. The zero-order chi connectivity index (χ0) is 11.6. The Balaban J connectivity index is 2.41. The molecule has 3 atom stereocenters. The van der Waals surface area contributed by atoms with Crippen molar-refractivity contribution in [3.63, 3.8) is 0 Å². The van der Waals surface area contributed by atoms with Gasteiger partial charge in [-0.3, -0.25) is 0 Å². The summed E-state index contributed by atoms with van der Waals surface area (Å²) in [6.45, 7) is -0.436. The van der Waals surface area contributed by atoms with Crippen molar-refractivity contribution in [2.45, 2.75) is 24.7 Å².